The predicted octanol–water partition coefficient (Wildman–Crippen LogP) is 2.85. The second-order valence-corrected chi connectivity index (χ2v) is 7.86. The Kier molecular flexibility index (Phi) is 4.62. The minimum absolute atomic E-state index is 0.0700. The van der Waals surface area contributed by atoms with E-state index in [1.807, 2.05) is 30.3 Å². The molecule has 0 aromatic heterocycles. The average Bonchev–Trinajstić information content (AvgIpc) is 3.32. The van der Waals surface area contributed by atoms with Gasteiger partial charge in [0.05, 0.1) is 6.04 Å². The van der Waals surface area contributed by atoms with Gasteiger partial charge in [-0.1, -0.05) is 43.2 Å². The van der Waals surface area contributed by atoms with Gasteiger partial charge in [0.2, 0.25) is 0 Å². The Balaban J connectivity index is 1.75. The molecule has 1 unspecified atom stereocenters. The van der Waals surface area contributed by atoms with Crippen molar-refractivity contribution in [2.24, 2.45) is 5.92 Å². The zero-order valence-corrected chi connectivity index (χ0v) is 13.2. The first kappa shape index (κ1) is 15.0. The molecule has 0 bridgehead atoms. The molecule has 0 radical (unpaired) electrons. The molecule has 1 aromatic carbocycles. The van der Waals surface area contributed by atoms with Gasteiger partial charge in [-0.2, -0.15) is 17.4 Å². The lowest BCUT2D eigenvalue weighted by Gasteiger charge is -2.25. The summed E-state index contributed by atoms with van der Waals surface area (Å²) in [5.41, 5.74) is 1.08. The van der Waals surface area contributed by atoms with Gasteiger partial charge < -0.3 is 0 Å². The second-order valence-electron chi connectivity index (χ2n) is 6.16. The highest BCUT2D eigenvalue weighted by Crippen LogP contribution is 2.41. The van der Waals surface area contributed by atoms with E-state index in [1.54, 1.807) is 4.31 Å². The third-order valence-corrected chi connectivity index (χ3v) is 6.03. The van der Waals surface area contributed by atoms with Gasteiger partial charge >= 0.3 is 0 Å². The molecule has 1 saturated heterocycles. The molecule has 116 valence electrons. The summed E-state index contributed by atoms with van der Waals surface area (Å²) in [5, 5.41) is 0. The van der Waals surface area contributed by atoms with E-state index in [4.69, 9.17) is 0 Å². The first-order valence-corrected chi connectivity index (χ1v) is 9.43. The molecule has 1 N–H and O–H groups in total. The van der Waals surface area contributed by atoms with Crippen molar-refractivity contribution in [2.45, 2.75) is 44.6 Å². The van der Waals surface area contributed by atoms with Gasteiger partial charge in [-0.15, -0.1) is 0 Å². The van der Waals surface area contributed by atoms with Crippen molar-refractivity contribution in [3.63, 3.8) is 0 Å². The summed E-state index contributed by atoms with van der Waals surface area (Å²) >= 11 is 0. The van der Waals surface area contributed by atoms with Crippen LogP contribution in [0.4, 0.5) is 0 Å². The Bertz CT molecular complexity index is 547. The van der Waals surface area contributed by atoms with Crippen molar-refractivity contribution < 1.29 is 8.42 Å². The van der Waals surface area contributed by atoms with E-state index < -0.39 is 10.2 Å². The smallest absolute Gasteiger partial charge is 0.195 e. The molecule has 2 aliphatic rings. The Morgan fingerprint density at radius 2 is 1.62 bits per heavy atom. The van der Waals surface area contributed by atoms with Crippen LogP contribution in [0, 0.1) is 5.92 Å². The van der Waals surface area contributed by atoms with Crippen molar-refractivity contribution in [3.8, 4) is 0 Å². The van der Waals surface area contributed by atoms with E-state index >= 15 is 0 Å². The molecule has 2 fully saturated rings. The fourth-order valence-corrected chi connectivity index (χ4v) is 4.58. The lowest BCUT2D eigenvalue weighted by Crippen LogP contribution is -2.43. The van der Waals surface area contributed by atoms with Gasteiger partial charge in [-0.25, -0.2) is 0 Å². The van der Waals surface area contributed by atoms with E-state index in [9.17, 15) is 8.42 Å². The van der Waals surface area contributed by atoms with Crippen LogP contribution >= 0.6 is 0 Å². The molecular weight excluding hydrogens is 284 g/mol. The Morgan fingerprint density at radius 1 is 1.00 bits per heavy atom. The van der Waals surface area contributed by atoms with Crippen molar-refractivity contribution >= 4 is 10.2 Å². The monoisotopic (exact) mass is 308 g/mol. The molecular formula is C16H24N2O2S. The molecule has 1 saturated carbocycles. The summed E-state index contributed by atoms with van der Waals surface area (Å²) in [7, 11) is -3.38. The predicted molar refractivity (Wildman–Crippen MR) is 84.0 cm³/mol. The normalized spacial score (nSPS) is 22.7. The Labute approximate surface area is 127 Å². The van der Waals surface area contributed by atoms with E-state index in [0.29, 0.717) is 19.0 Å². The van der Waals surface area contributed by atoms with Crippen LogP contribution < -0.4 is 4.72 Å². The standard InChI is InChI=1S/C16H24N2O2S/c19-21(20,18-12-6-1-2-7-13-18)17-16(15-10-11-15)14-8-4-3-5-9-14/h3-5,8-9,15-17H,1-2,6-7,10-13H2. The topological polar surface area (TPSA) is 49.4 Å². The van der Waals surface area contributed by atoms with Crippen LogP contribution in [0.2, 0.25) is 0 Å². The Morgan fingerprint density at radius 3 is 2.19 bits per heavy atom. The highest BCUT2D eigenvalue weighted by Gasteiger charge is 2.36. The van der Waals surface area contributed by atoms with Crippen LogP contribution in [-0.4, -0.2) is 25.8 Å². The van der Waals surface area contributed by atoms with Crippen molar-refractivity contribution in [2.75, 3.05) is 13.1 Å². The van der Waals surface area contributed by atoms with E-state index in [1.165, 1.54) is 0 Å². The number of nitrogens with zero attached hydrogens (tertiary/aromatic N) is 1. The van der Waals surface area contributed by atoms with Gasteiger partial charge in [-0.3, -0.25) is 0 Å². The van der Waals surface area contributed by atoms with Gasteiger partial charge in [0.1, 0.15) is 0 Å². The van der Waals surface area contributed by atoms with E-state index in [2.05, 4.69) is 4.72 Å². The van der Waals surface area contributed by atoms with Gasteiger partial charge in [0.15, 0.2) is 0 Å². The SMILES string of the molecule is O=S(=O)(NC(c1ccccc1)C1CC1)N1CCCCCC1. The molecule has 3 rings (SSSR count). The highest BCUT2D eigenvalue weighted by atomic mass is 32.2. The van der Waals surface area contributed by atoms with Crippen LogP contribution in [-0.2, 0) is 10.2 Å². The van der Waals surface area contributed by atoms with Crippen molar-refractivity contribution in [1.29, 1.82) is 0 Å². The van der Waals surface area contributed by atoms with E-state index in [-0.39, 0.29) is 6.04 Å². The van der Waals surface area contributed by atoms with Gasteiger partial charge in [0, 0.05) is 13.1 Å². The molecule has 1 atom stereocenters. The molecule has 5 heteroatoms. The fraction of sp³-hybridized carbons (Fsp3) is 0.625. The van der Waals surface area contributed by atoms with Gasteiger partial charge in [-0.05, 0) is 37.2 Å². The first-order valence-electron chi connectivity index (χ1n) is 7.99. The summed E-state index contributed by atoms with van der Waals surface area (Å²) < 4.78 is 29.9. The maximum atomic E-state index is 12.7. The zero-order chi connectivity index (χ0) is 14.7. The van der Waals surface area contributed by atoms with Crippen LogP contribution in [0.5, 0.6) is 0 Å². The average molecular weight is 308 g/mol. The maximum Gasteiger partial charge on any atom is 0.280 e. The largest absolute Gasteiger partial charge is 0.280 e. The quantitative estimate of drug-likeness (QED) is 0.909. The molecule has 0 spiro atoms. The van der Waals surface area contributed by atoms with Crippen LogP contribution in [0.3, 0.4) is 0 Å². The minimum atomic E-state index is -3.38. The second kappa shape index (κ2) is 6.46. The summed E-state index contributed by atoms with van der Waals surface area (Å²) in [5.74, 6) is 0.453. The molecule has 0 amide bonds. The highest BCUT2D eigenvalue weighted by molar-refractivity contribution is 7.87. The molecule has 1 aliphatic carbocycles. The summed E-state index contributed by atoms with van der Waals surface area (Å²) in [6.45, 7) is 1.31. The molecule has 1 aromatic rings. The molecule has 1 heterocycles. The lowest BCUT2D eigenvalue weighted by atomic mass is 10.0. The van der Waals surface area contributed by atoms with Crippen molar-refractivity contribution in [3.05, 3.63) is 35.9 Å². The first-order chi connectivity index (χ1) is 10.2. The maximum absolute atomic E-state index is 12.7. The number of hydrogen-bond acceptors (Lipinski definition) is 2. The molecule has 21 heavy (non-hydrogen) atoms. The zero-order valence-electron chi connectivity index (χ0n) is 12.4. The minimum Gasteiger partial charge on any atom is -0.195 e. The van der Waals surface area contributed by atoms with Crippen LogP contribution in [0.1, 0.15) is 50.1 Å². The third kappa shape index (κ3) is 3.84. The number of rotatable bonds is 5. The molecule has 4 nitrogen and oxygen atoms in total. The Hall–Kier alpha value is -0.910. The summed E-state index contributed by atoms with van der Waals surface area (Å²) in [4.78, 5) is 0. The van der Waals surface area contributed by atoms with Crippen LogP contribution in [0.25, 0.3) is 0 Å². The number of hydrogen-bond donors (Lipinski definition) is 1. The lowest BCUT2D eigenvalue weighted by molar-refractivity contribution is 0.403. The number of nitrogens with one attached hydrogen (secondary N) is 1. The van der Waals surface area contributed by atoms with Gasteiger partial charge in [0.25, 0.3) is 10.2 Å². The molecule has 1 aliphatic heterocycles. The fourth-order valence-electron chi connectivity index (χ4n) is 3.04. The van der Waals surface area contributed by atoms with Crippen molar-refractivity contribution in [1.82, 2.24) is 9.03 Å². The number of benzene rings is 1. The van der Waals surface area contributed by atoms with E-state index in [0.717, 1.165) is 44.1 Å². The summed E-state index contributed by atoms with van der Waals surface area (Å²) in [6.07, 6.45) is 6.44. The third-order valence-electron chi connectivity index (χ3n) is 4.43. The summed E-state index contributed by atoms with van der Waals surface area (Å²) in [6, 6.07) is 9.90. The van der Waals surface area contributed by atoms with Crippen LogP contribution in [0.15, 0.2) is 30.3 Å².